The van der Waals surface area contributed by atoms with Crippen LogP contribution in [0.25, 0.3) is 0 Å². The molecule has 1 aromatic carbocycles. The number of aliphatic carboxylic acids is 1. The van der Waals surface area contributed by atoms with Gasteiger partial charge in [0, 0.05) is 0 Å². The molecule has 1 atom stereocenters. The summed E-state index contributed by atoms with van der Waals surface area (Å²) < 4.78 is 5.64. The van der Waals surface area contributed by atoms with Crippen molar-refractivity contribution in [2.24, 2.45) is 0 Å². The zero-order chi connectivity index (χ0) is 13.0. The zero-order valence-corrected chi connectivity index (χ0v) is 10.9. The van der Waals surface area contributed by atoms with Gasteiger partial charge in [-0.05, 0) is 43.9 Å². The van der Waals surface area contributed by atoms with Crippen LogP contribution in [0, 0.1) is 6.92 Å². The van der Waals surface area contributed by atoms with Crippen molar-refractivity contribution in [3.05, 3.63) is 29.3 Å². The summed E-state index contributed by atoms with van der Waals surface area (Å²) in [7, 11) is 0. The topological polar surface area (TPSA) is 46.5 Å². The third-order valence-electron chi connectivity index (χ3n) is 2.61. The van der Waals surface area contributed by atoms with Crippen LogP contribution in [-0.4, -0.2) is 17.2 Å². The maximum absolute atomic E-state index is 10.7. The Morgan fingerprint density at radius 2 is 2.00 bits per heavy atom. The predicted octanol–water partition coefficient (Wildman–Crippen LogP) is 3.36. The second-order valence-corrected chi connectivity index (χ2v) is 4.69. The van der Waals surface area contributed by atoms with Gasteiger partial charge in [-0.1, -0.05) is 19.1 Å². The number of ether oxygens (including phenoxy) is 1. The first-order valence-corrected chi connectivity index (χ1v) is 5.89. The second kappa shape index (κ2) is 5.71. The zero-order valence-electron chi connectivity index (χ0n) is 10.9. The van der Waals surface area contributed by atoms with Crippen molar-refractivity contribution in [2.45, 2.75) is 46.1 Å². The molecule has 17 heavy (non-hydrogen) atoms. The molecule has 0 bridgehead atoms. The normalized spacial score (nSPS) is 12.5. The summed E-state index contributed by atoms with van der Waals surface area (Å²) in [6.45, 7) is 7.88. The molecule has 0 fully saturated rings. The van der Waals surface area contributed by atoms with Crippen molar-refractivity contribution in [3.8, 4) is 5.75 Å². The van der Waals surface area contributed by atoms with Crippen LogP contribution < -0.4 is 4.74 Å². The molecule has 0 heterocycles. The lowest BCUT2D eigenvalue weighted by Gasteiger charge is -2.15. The average molecular weight is 236 g/mol. The van der Waals surface area contributed by atoms with Gasteiger partial charge in [-0.2, -0.15) is 0 Å². The first-order chi connectivity index (χ1) is 7.90. The van der Waals surface area contributed by atoms with Crippen LogP contribution in [0.2, 0.25) is 0 Å². The summed E-state index contributed by atoms with van der Waals surface area (Å²) >= 11 is 0. The fourth-order valence-corrected chi connectivity index (χ4v) is 1.75. The highest BCUT2D eigenvalue weighted by Gasteiger charge is 2.12. The van der Waals surface area contributed by atoms with E-state index >= 15 is 0 Å². The maximum atomic E-state index is 10.7. The number of benzene rings is 1. The molecule has 0 amide bonds. The minimum Gasteiger partial charge on any atom is -0.491 e. The van der Waals surface area contributed by atoms with Gasteiger partial charge in [0.15, 0.2) is 0 Å². The molecule has 0 spiro atoms. The van der Waals surface area contributed by atoms with E-state index in [2.05, 4.69) is 0 Å². The van der Waals surface area contributed by atoms with Crippen LogP contribution in [0.15, 0.2) is 18.2 Å². The van der Waals surface area contributed by atoms with Crippen LogP contribution in [0.1, 0.15) is 44.2 Å². The summed E-state index contributed by atoms with van der Waals surface area (Å²) in [6.07, 6.45) is 0.306. The van der Waals surface area contributed by atoms with E-state index in [1.54, 1.807) is 0 Å². The molecule has 0 aromatic heterocycles. The number of carbonyl (C=O) groups is 1. The number of carboxylic acid groups (broad SMARTS) is 1. The molecule has 0 radical (unpaired) electrons. The van der Waals surface area contributed by atoms with Gasteiger partial charge in [0.1, 0.15) is 5.75 Å². The Kier molecular flexibility index (Phi) is 4.55. The Morgan fingerprint density at radius 1 is 1.35 bits per heavy atom. The summed E-state index contributed by atoms with van der Waals surface area (Å²) in [6, 6.07) is 5.87. The standard InChI is InChI=1S/C14H20O3/c1-9(2)17-13-6-5-12(7-11(13)4)10(3)8-14(15)16/h5-7,9-10H,8H2,1-4H3,(H,15,16). The van der Waals surface area contributed by atoms with E-state index < -0.39 is 5.97 Å². The molecule has 0 saturated carbocycles. The Hall–Kier alpha value is -1.51. The summed E-state index contributed by atoms with van der Waals surface area (Å²) in [4.78, 5) is 10.7. The third kappa shape index (κ3) is 4.10. The maximum Gasteiger partial charge on any atom is 0.303 e. The molecular formula is C14H20O3. The molecule has 3 heteroatoms. The molecule has 1 aromatic rings. The Labute approximate surface area is 102 Å². The Balaban J connectivity index is 2.84. The van der Waals surface area contributed by atoms with Crippen molar-refractivity contribution in [1.82, 2.24) is 0 Å². The van der Waals surface area contributed by atoms with E-state index in [0.29, 0.717) is 0 Å². The van der Waals surface area contributed by atoms with Gasteiger partial charge in [0.2, 0.25) is 0 Å². The van der Waals surface area contributed by atoms with Crippen LogP contribution in [0.4, 0.5) is 0 Å². The molecule has 0 aliphatic carbocycles. The monoisotopic (exact) mass is 236 g/mol. The van der Waals surface area contributed by atoms with E-state index in [0.717, 1.165) is 16.9 Å². The van der Waals surface area contributed by atoms with E-state index in [1.807, 2.05) is 45.9 Å². The highest BCUT2D eigenvalue weighted by molar-refractivity contribution is 5.68. The first-order valence-electron chi connectivity index (χ1n) is 5.89. The SMILES string of the molecule is Cc1cc(C(C)CC(=O)O)ccc1OC(C)C. The van der Waals surface area contributed by atoms with Crippen LogP contribution >= 0.6 is 0 Å². The van der Waals surface area contributed by atoms with Gasteiger partial charge in [0.05, 0.1) is 12.5 Å². The number of hydrogen-bond donors (Lipinski definition) is 1. The average Bonchev–Trinajstić information content (AvgIpc) is 2.19. The van der Waals surface area contributed by atoms with Gasteiger partial charge in [-0.3, -0.25) is 4.79 Å². The van der Waals surface area contributed by atoms with Gasteiger partial charge in [-0.25, -0.2) is 0 Å². The highest BCUT2D eigenvalue weighted by atomic mass is 16.5. The predicted molar refractivity (Wildman–Crippen MR) is 67.6 cm³/mol. The molecule has 1 unspecified atom stereocenters. The summed E-state index contributed by atoms with van der Waals surface area (Å²) in [5, 5.41) is 8.76. The number of hydrogen-bond acceptors (Lipinski definition) is 2. The Bertz CT molecular complexity index is 396. The fraction of sp³-hybridized carbons (Fsp3) is 0.500. The summed E-state index contributed by atoms with van der Waals surface area (Å²) in [5.41, 5.74) is 2.09. The van der Waals surface area contributed by atoms with Crippen molar-refractivity contribution >= 4 is 5.97 Å². The molecule has 1 N–H and O–H groups in total. The lowest BCUT2D eigenvalue weighted by atomic mass is 9.96. The quantitative estimate of drug-likeness (QED) is 0.852. The number of carboxylic acids is 1. The third-order valence-corrected chi connectivity index (χ3v) is 2.61. The van der Waals surface area contributed by atoms with Crippen LogP contribution in [-0.2, 0) is 4.79 Å². The van der Waals surface area contributed by atoms with Gasteiger partial charge in [0.25, 0.3) is 0 Å². The minimum atomic E-state index is -0.766. The van der Waals surface area contributed by atoms with Gasteiger partial charge >= 0.3 is 5.97 Å². The largest absolute Gasteiger partial charge is 0.491 e. The molecule has 1 rings (SSSR count). The fourth-order valence-electron chi connectivity index (χ4n) is 1.75. The van der Waals surface area contributed by atoms with E-state index in [9.17, 15) is 4.79 Å². The molecule has 0 saturated heterocycles. The molecule has 0 aliphatic rings. The minimum absolute atomic E-state index is 0.0271. The van der Waals surface area contributed by atoms with Gasteiger partial charge in [-0.15, -0.1) is 0 Å². The molecule has 3 nitrogen and oxygen atoms in total. The van der Waals surface area contributed by atoms with Crippen LogP contribution in [0.3, 0.4) is 0 Å². The van der Waals surface area contributed by atoms with E-state index in [-0.39, 0.29) is 18.4 Å². The van der Waals surface area contributed by atoms with E-state index in [1.165, 1.54) is 0 Å². The lowest BCUT2D eigenvalue weighted by Crippen LogP contribution is -2.07. The molecule has 0 aliphatic heterocycles. The number of aryl methyl sites for hydroxylation is 1. The highest BCUT2D eigenvalue weighted by Crippen LogP contribution is 2.26. The van der Waals surface area contributed by atoms with Gasteiger partial charge < -0.3 is 9.84 Å². The molecular weight excluding hydrogens is 216 g/mol. The van der Waals surface area contributed by atoms with Crippen molar-refractivity contribution in [1.29, 1.82) is 0 Å². The van der Waals surface area contributed by atoms with Crippen molar-refractivity contribution < 1.29 is 14.6 Å². The molecule has 94 valence electrons. The lowest BCUT2D eigenvalue weighted by molar-refractivity contribution is -0.137. The second-order valence-electron chi connectivity index (χ2n) is 4.69. The first kappa shape index (κ1) is 13.6. The van der Waals surface area contributed by atoms with E-state index in [4.69, 9.17) is 9.84 Å². The van der Waals surface area contributed by atoms with Crippen molar-refractivity contribution in [3.63, 3.8) is 0 Å². The smallest absolute Gasteiger partial charge is 0.303 e. The van der Waals surface area contributed by atoms with Crippen molar-refractivity contribution in [2.75, 3.05) is 0 Å². The summed E-state index contributed by atoms with van der Waals surface area (Å²) in [5.74, 6) is 0.128. The number of rotatable bonds is 5. The van der Waals surface area contributed by atoms with Crippen LogP contribution in [0.5, 0.6) is 5.75 Å². The Morgan fingerprint density at radius 3 is 2.47 bits per heavy atom.